The minimum atomic E-state index is -0.116. The summed E-state index contributed by atoms with van der Waals surface area (Å²) >= 11 is 0. The molecule has 0 aromatic rings. The van der Waals surface area contributed by atoms with E-state index >= 15 is 0 Å². The van der Waals surface area contributed by atoms with Gasteiger partial charge in [-0.05, 0) is 12.8 Å². The van der Waals surface area contributed by atoms with E-state index in [0.717, 1.165) is 19.4 Å². The monoisotopic (exact) mass is 219 g/mol. The second kappa shape index (κ2) is 11.4. The quantitative estimate of drug-likeness (QED) is 0.533. The van der Waals surface area contributed by atoms with Gasteiger partial charge in [0, 0.05) is 27.4 Å². The Labute approximate surface area is 91.1 Å². The van der Waals surface area contributed by atoms with Crippen LogP contribution in [0.3, 0.4) is 0 Å². The van der Waals surface area contributed by atoms with Crippen LogP contribution in [0.2, 0.25) is 0 Å². The fourth-order valence-electron chi connectivity index (χ4n) is 0.907. The van der Waals surface area contributed by atoms with Gasteiger partial charge in [0.1, 0.15) is 6.61 Å². The highest BCUT2D eigenvalue weighted by Crippen LogP contribution is 1.90. The van der Waals surface area contributed by atoms with Crippen LogP contribution in [0.5, 0.6) is 0 Å². The van der Waals surface area contributed by atoms with E-state index in [0.29, 0.717) is 19.8 Å². The molecule has 0 aromatic carbocycles. The Balaban J connectivity index is 2.95. The first-order valence-electron chi connectivity index (χ1n) is 5.16. The molecule has 0 aliphatic heterocycles. The summed E-state index contributed by atoms with van der Waals surface area (Å²) in [5.74, 6) is -0.116. The topological polar surface area (TPSA) is 56.8 Å². The van der Waals surface area contributed by atoms with E-state index in [1.807, 2.05) is 0 Å². The Kier molecular flexibility index (Phi) is 10.9. The predicted octanol–water partition coefficient (Wildman–Crippen LogP) is 0.192. The summed E-state index contributed by atoms with van der Waals surface area (Å²) in [7, 11) is 3.27. The molecule has 0 saturated carbocycles. The lowest BCUT2D eigenvalue weighted by atomic mass is 10.3. The number of rotatable bonds is 10. The summed E-state index contributed by atoms with van der Waals surface area (Å²) in [6, 6.07) is 0. The molecule has 0 rings (SSSR count). The molecule has 90 valence electrons. The van der Waals surface area contributed by atoms with Crippen LogP contribution in [0.4, 0.5) is 0 Å². The van der Waals surface area contributed by atoms with Crippen molar-refractivity contribution in [3.8, 4) is 0 Å². The zero-order valence-corrected chi connectivity index (χ0v) is 9.58. The number of ether oxygens (including phenoxy) is 3. The molecule has 0 radical (unpaired) electrons. The molecule has 0 unspecified atom stereocenters. The molecule has 0 aromatic heterocycles. The van der Waals surface area contributed by atoms with Gasteiger partial charge in [0.15, 0.2) is 0 Å². The largest absolute Gasteiger partial charge is 0.385 e. The molecule has 15 heavy (non-hydrogen) atoms. The first-order chi connectivity index (χ1) is 7.31. The predicted molar refractivity (Wildman–Crippen MR) is 56.8 cm³/mol. The van der Waals surface area contributed by atoms with E-state index in [1.54, 1.807) is 14.2 Å². The molecular weight excluding hydrogens is 198 g/mol. The molecule has 0 fully saturated rings. The molecule has 0 heterocycles. The maximum absolute atomic E-state index is 10.7. The van der Waals surface area contributed by atoms with Crippen LogP contribution in [0.15, 0.2) is 0 Å². The summed E-state index contributed by atoms with van der Waals surface area (Å²) < 4.78 is 15.2. The van der Waals surface area contributed by atoms with Gasteiger partial charge in [0.25, 0.3) is 0 Å². The van der Waals surface area contributed by atoms with Crippen molar-refractivity contribution in [3.63, 3.8) is 0 Å². The lowest BCUT2D eigenvalue weighted by molar-refractivity contribution is -0.125. The minimum Gasteiger partial charge on any atom is -0.385 e. The second-order valence-electron chi connectivity index (χ2n) is 3.04. The van der Waals surface area contributed by atoms with Gasteiger partial charge >= 0.3 is 0 Å². The molecule has 5 heteroatoms. The molecule has 0 saturated heterocycles. The number of nitrogens with one attached hydrogen (secondary N) is 1. The van der Waals surface area contributed by atoms with Gasteiger partial charge in [0.05, 0.1) is 13.2 Å². The third-order valence-corrected chi connectivity index (χ3v) is 1.77. The third-order valence-electron chi connectivity index (χ3n) is 1.77. The van der Waals surface area contributed by atoms with Gasteiger partial charge in [-0.1, -0.05) is 0 Å². The number of unbranched alkanes of at least 4 members (excludes halogenated alkanes) is 1. The Morgan fingerprint density at radius 1 is 1.07 bits per heavy atom. The SMILES string of the molecule is CNC(=O)COCCOCCCCOC. The molecule has 0 spiro atoms. The van der Waals surface area contributed by atoms with E-state index in [4.69, 9.17) is 14.2 Å². The van der Waals surface area contributed by atoms with Crippen LogP contribution in [0.1, 0.15) is 12.8 Å². The summed E-state index contributed by atoms with van der Waals surface area (Å²) in [5.41, 5.74) is 0. The maximum atomic E-state index is 10.7. The number of amides is 1. The van der Waals surface area contributed by atoms with Crippen LogP contribution in [0.25, 0.3) is 0 Å². The number of hydrogen-bond acceptors (Lipinski definition) is 4. The van der Waals surface area contributed by atoms with Crippen molar-refractivity contribution in [3.05, 3.63) is 0 Å². The van der Waals surface area contributed by atoms with Crippen LogP contribution >= 0.6 is 0 Å². The lowest BCUT2D eigenvalue weighted by Crippen LogP contribution is -2.24. The molecule has 0 bridgehead atoms. The van der Waals surface area contributed by atoms with Gasteiger partial charge in [-0.15, -0.1) is 0 Å². The zero-order chi connectivity index (χ0) is 11.4. The third kappa shape index (κ3) is 11.3. The molecule has 1 N–H and O–H groups in total. The number of carbonyl (C=O) groups excluding carboxylic acids is 1. The van der Waals surface area contributed by atoms with Gasteiger partial charge in [-0.3, -0.25) is 4.79 Å². The molecule has 0 aliphatic carbocycles. The molecule has 0 atom stereocenters. The maximum Gasteiger partial charge on any atom is 0.245 e. The molecular formula is C10H21NO4. The zero-order valence-electron chi connectivity index (χ0n) is 9.58. The van der Waals surface area contributed by atoms with Crippen molar-refractivity contribution in [1.82, 2.24) is 5.32 Å². The van der Waals surface area contributed by atoms with E-state index < -0.39 is 0 Å². The van der Waals surface area contributed by atoms with Crippen LogP contribution < -0.4 is 5.32 Å². The first-order valence-corrected chi connectivity index (χ1v) is 5.16. The van der Waals surface area contributed by atoms with Crippen LogP contribution in [-0.2, 0) is 19.0 Å². The van der Waals surface area contributed by atoms with Crippen LogP contribution in [-0.4, -0.2) is 53.1 Å². The van der Waals surface area contributed by atoms with Gasteiger partial charge < -0.3 is 19.5 Å². The Morgan fingerprint density at radius 3 is 2.40 bits per heavy atom. The van der Waals surface area contributed by atoms with E-state index in [9.17, 15) is 4.79 Å². The van der Waals surface area contributed by atoms with Crippen molar-refractivity contribution in [1.29, 1.82) is 0 Å². The van der Waals surface area contributed by atoms with Crippen LogP contribution in [0, 0.1) is 0 Å². The Hall–Kier alpha value is -0.650. The smallest absolute Gasteiger partial charge is 0.245 e. The highest BCUT2D eigenvalue weighted by atomic mass is 16.5. The fourth-order valence-corrected chi connectivity index (χ4v) is 0.907. The highest BCUT2D eigenvalue weighted by molar-refractivity contribution is 5.76. The van der Waals surface area contributed by atoms with Crippen molar-refractivity contribution < 1.29 is 19.0 Å². The average molecular weight is 219 g/mol. The Bertz CT molecular complexity index is 152. The van der Waals surface area contributed by atoms with E-state index in [2.05, 4.69) is 5.32 Å². The standard InChI is InChI=1S/C10H21NO4/c1-11-10(12)9-15-8-7-14-6-4-3-5-13-2/h3-9H2,1-2H3,(H,11,12). The second-order valence-corrected chi connectivity index (χ2v) is 3.04. The van der Waals surface area contributed by atoms with Crippen molar-refractivity contribution in [2.45, 2.75) is 12.8 Å². The number of methoxy groups -OCH3 is 1. The summed E-state index contributed by atoms with van der Waals surface area (Å²) in [4.78, 5) is 10.7. The summed E-state index contributed by atoms with van der Waals surface area (Å²) in [6.45, 7) is 2.58. The average Bonchev–Trinajstić information content (AvgIpc) is 2.26. The fraction of sp³-hybridized carbons (Fsp3) is 0.900. The lowest BCUT2D eigenvalue weighted by Gasteiger charge is -2.05. The van der Waals surface area contributed by atoms with Gasteiger partial charge in [-0.25, -0.2) is 0 Å². The van der Waals surface area contributed by atoms with Crippen molar-refractivity contribution >= 4 is 5.91 Å². The summed E-state index contributed by atoms with van der Waals surface area (Å²) in [5, 5.41) is 2.47. The normalized spacial score (nSPS) is 10.3. The van der Waals surface area contributed by atoms with E-state index in [-0.39, 0.29) is 12.5 Å². The molecule has 0 aliphatic rings. The number of carbonyl (C=O) groups is 1. The first kappa shape index (κ1) is 14.3. The highest BCUT2D eigenvalue weighted by Gasteiger charge is 1.96. The van der Waals surface area contributed by atoms with Crippen molar-refractivity contribution in [2.75, 3.05) is 47.2 Å². The number of hydrogen-bond donors (Lipinski definition) is 1. The van der Waals surface area contributed by atoms with Gasteiger partial charge in [-0.2, -0.15) is 0 Å². The number of likely N-dealkylation sites (N-methyl/N-ethyl adjacent to an activating group) is 1. The van der Waals surface area contributed by atoms with Crippen molar-refractivity contribution in [2.24, 2.45) is 0 Å². The van der Waals surface area contributed by atoms with E-state index in [1.165, 1.54) is 0 Å². The Morgan fingerprint density at radius 2 is 1.73 bits per heavy atom. The molecule has 5 nitrogen and oxygen atoms in total. The molecule has 1 amide bonds. The summed E-state index contributed by atoms with van der Waals surface area (Å²) in [6.07, 6.45) is 2.00. The minimum absolute atomic E-state index is 0.101. The van der Waals surface area contributed by atoms with Gasteiger partial charge in [0.2, 0.25) is 5.91 Å².